The fourth-order valence-corrected chi connectivity index (χ4v) is 8.31. The summed E-state index contributed by atoms with van der Waals surface area (Å²) in [6, 6.07) is 28.1. The molecule has 286 valence electrons. The summed E-state index contributed by atoms with van der Waals surface area (Å²) < 4.78 is 13.1. The standard InChI is InChI=1S/C23H26N4O.C22H26FN3O/c1-26-11-13-27(14-12-26)22-4-2-3-18-9-10-20(15-21(18)22)25-23(28)19-7-5-17(16-24)6-8-19;1-25-11-13-26(14-12-25)21-4-2-3-16-7-10-19(15-20(16)21)24-22(27)17-5-8-18(23)9-6-17/h2-8,20H,9-15H2,1H3,(H,25,28);2-6,8-9,19H,7,10-15H2,1H3,(H,24,27)/t20-;19-/m11/s1. The third-order valence-electron chi connectivity index (χ3n) is 11.7. The molecule has 0 radical (unpaired) electrons. The lowest BCUT2D eigenvalue weighted by Gasteiger charge is -2.37. The molecular weight excluding hydrogens is 690 g/mol. The molecule has 2 heterocycles. The predicted octanol–water partition coefficient (Wildman–Crippen LogP) is 5.46. The molecule has 2 aliphatic heterocycles. The summed E-state index contributed by atoms with van der Waals surface area (Å²) in [6.07, 6.45) is 5.60. The van der Waals surface area contributed by atoms with Crippen molar-refractivity contribution in [2.75, 3.05) is 76.3 Å². The summed E-state index contributed by atoms with van der Waals surface area (Å²) in [7, 11) is 4.34. The van der Waals surface area contributed by atoms with Gasteiger partial charge in [0.15, 0.2) is 0 Å². The van der Waals surface area contributed by atoms with Crippen LogP contribution in [-0.2, 0) is 25.7 Å². The molecule has 2 amide bonds. The maximum absolute atomic E-state index is 13.1. The Bertz CT molecular complexity index is 2000. The van der Waals surface area contributed by atoms with Gasteiger partial charge in [-0.05, 0) is 136 Å². The number of hydrogen-bond donors (Lipinski definition) is 2. The van der Waals surface area contributed by atoms with Crippen LogP contribution >= 0.6 is 0 Å². The lowest BCUT2D eigenvalue weighted by Crippen LogP contribution is -2.45. The molecule has 0 aromatic heterocycles. The lowest BCUT2D eigenvalue weighted by molar-refractivity contribution is 0.0925. The molecule has 0 unspecified atom stereocenters. The van der Waals surface area contributed by atoms with Crippen LogP contribution in [0.5, 0.6) is 0 Å². The van der Waals surface area contributed by atoms with E-state index in [1.807, 2.05) is 0 Å². The highest BCUT2D eigenvalue weighted by molar-refractivity contribution is 5.95. The Morgan fingerprint density at radius 3 is 1.45 bits per heavy atom. The van der Waals surface area contributed by atoms with Gasteiger partial charge in [0.25, 0.3) is 11.8 Å². The Balaban J connectivity index is 0.000000169. The number of fused-ring (bicyclic) bond motifs is 2. The Morgan fingerprint density at radius 2 is 1.04 bits per heavy atom. The van der Waals surface area contributed by atoms with Gasteiger partial charge < -0.3 is 30.2 Å². The van der Waals surface area contributed by atoms with Gasteiger partial charge in [0, 0.05) is 86.9 Å². The average Bonchev–Trinajstić information content (AvgIpc) is 3.21. The Labute approximate surface area is 324 Å². The molecule has 4 aromatic carbocycles. The van der Waals surface area contributed by atoms with E-state index in [2.05, 4.69) is 86.8 Å². The molecule has 0 bridgehead atoms. The van der Waals surface area contributed by atoms with Gasteiger partial charge in [-0.1, -0.05) is 24.3 Å². The van der Waals surface area contributed by atoms with E-state index in [4.69, 9.17) is 5.26 Å². The Morgan fingerprint density at radius 1 is 0.618 bits per heavy atom. The molecule has 2 N–H and O–H groups in total. The molecule has 2 aliphatic carbocycles. The first-order chi connectivity index (χ1) is 26.7. The van der Waals surface area contributed by atoms with Crippen molar-refractivity contribution in [2.24, 2.45) is 0 Å². The number of nitrogens with one attached hydrogen (secondary N) is 2. The second-order valence-electron chi connectivity index (χ2n) is 15.4. The fourth-order valence-electron chi connectivity index (χ4n) is 8.31. The number of hydrogen-bond acceptors (Lipinski definition) is 7. The number of halogens is 1. The van der Waals surface area contributed by atoms with Gasteiger partial charge in [-0.25, -0.2) is 4.39 Å². The van der Waals surface area contributed by atoms with Gasteiger partial charge in [0.2, 0.25) is 0 Å². The minimum atomic E-state index is -0.324. The second-order valence-corrected chi connectivity index (χ2v) is 15.4. The van der Waals surface area contributed by atoms with Gasteiger partial charge in [-0.3, -0.25) is 9.59 Å². The lowest BCUT2D eigenvalue weighted by atomic mass is 9.86. The molecule has 9 nitrogen and oxygen atoms in total. The molecule has 4 aliphatic rings. The minimum Gasteiger partial charge on any atom is -0.369 e. The van der Waals surface area contributed by atoms with Crippen LogP contribution in [0.3, 0.4) is 0 Å². The Kier molecular flexibility index (Phi) is 12.1. The molecular formula is C45H52FN7O2. The van der Waals surface area contributed by atoms with Crippen LogP contribution in [0, 0.1) is 17.1 Å². The molecule has 55 heavy (non-hydrogen) atoms. The van der Waals surface area contributed by atoms with Crippen LogP contribution in [-0.4, -0.2) is 100 Å². The van der Waals surface area contributed by atoms with Crippen molar-refractivity contribution >= 4 is 23.2 Å². The number of piperazine rings is 2. The number of aryl methyl sites for hydroxylation is 2. The molecule has 4 aromatic rings. The van der Waals surface area contributed by atoms with E-state index < -0.39 is 0 Å². The second kappa shape index (κ2) is 17.5. The molecule has 2 fully saturated rings. The van der Waals surface area contributed by atoms with Gasteiger partial charge in [-0.2, -0.15) is 5.26 Å². The van der Waals surface area contributed by atoms with Crippen molar-refractivity contribution < 1.29 is 14.0 Å². The van der Waals surface area contributed by atoms with E-state index in [1.165, 1.54) is 57.9 Å². The third kappa shape index (κ3) is 9.35. The number of nitriles is 1. The largest absolute Gasteiger partial charge is 0.369 e. The quantitative estimate of drug-likeness (QED) is 0.271. The number of anilines is 2. The summed E-state index contributed by atoms with van der Waals surface area (Å²) in [4.78, 5) is 34.8. The SMILES string of the molecule is CN1CCN(c2cccc3c2C[C@H](NC(=O)c2ccc(C#N)cc2)CC3)CC1.CN1CCN(c2cccc3c2C[C@H](NC(=O)c2ccc(F)cc2)CC3)CC1. The highest BCUT2D eigenvalue weighted by Gasteiger charge is 2.27. The predicted molar refractivity (Wildman–Crippen MR) is 216 cm³/mol. The van der Waals surface area contributed by atoms with E-state index >= 15 is 0 Å². The smallest absolute Gasteiger partial charge is 0.251 e. The number of rotatable bonds is 6. The number of carbonyl (C=O) groups excluding carboxylic acids is 2. The fraction of sp³-hybridized carbons (Fsp3) is 0.400. The minimum absolute atomic E-state index is 0.0602. The summed E-state index contributed by atoms with van der Waals surface area (Å²) in [5, 5.41) is 15.3. The van der Waals surface area contributed by atoms with E-state index in [9.17, 15) is 14.0 Å². The van der Waals surface area contributed by atoms with Gasteiger partial charge in [0.1, 0.15) is 5.82 Å². The average molecular weight is 742 g/mol. The number of carbonyl (C=O) groups is 2. The summed E-state index contributed by atoms with van der Waals surface area (Å²) in [5.41, 5.74) is 9.93. The zero-order valence-corrected chi connectivity index (χ0v) is 32.1. The molecule has 10 heteroatoms. The highest BCUT2D eigenvalue weighted by Crippen LogP contribution is 2.33. The molecule has 2 saturated heterocycles. The highest BCUT2D eigenvalue weighted by atomic mass is 19.1. The van der Waals surface area contributed by atoms with Gasteiger partial charge >= 0.3 is 0 Å². The topological polar surface area (TPSA) is 94.9 Å². The summed E-state index contributed by atoms with van der Waals surface area (Å²) >= 11 is 0. The van der Waals surface area contributed by atoms with Crippen molar-refractivity contribution in [3.63, 3.8) is 0 Å². The number of nitrogens with zero attached hydrogens (tertiary/aromatic N) is 5. The first kappa shape index (κ1) is 38.1. The zero-order chi connectivity index (χ0) is 38.3. The zero-order valence-electron chi connectivity index (χ0n) is 32.1. The third-order valence-corrected chi connectivity index (χ3v) is 11.7. The molecule has 2 atom stereocenters. The van der Waals surface area contributed by atoms with Crippen LogP contribution in [0.1, 0.15) is 61.4 Å². The van der Waals surface area contributed by atoms with E-state index in [-0.39, 0.29) is 29.7 Å². The first-order valence-corrected chi connectivity index (χ1v) is 19.7. The van der Waals surface area contributed by atoms with Crippen LogP contribution in [0.2, 0.25) is 0 Å². The van der Waals surface area contributed by atoms with Gasteiger partial charge in [-0.15, -0.1) is 0 Å². The van der Waals surface area contributed by atoms with Crippen LogP contribution in [0.4, 0.5) is 15.8 Å². The summed E-state index contributed by atoms with van der Waals surface area (Å²) in [6.45, 7) is 8.51. The number of likely N-dealkylation sites (N-methyl/N-ethyl adjacent to an activating group) is 2. The van der Waals surface area contributed by atoms with Crippen molar-refractivity contribution in [3.05, 3.63) is 130 Å². The van der Waals surface area contributed by atoms with Crippen molar-refractivity contribution in [1.29, 1.82) is 5.26 Å². The molecule has 0 spiro atoms. The molecule has 8 rings (SSSR count). The normalized spacial score (nSPS) is 19.9. The monoisotopic (exact) mass is 741 g/mol. The van der Waals surface area contributed by atoms with E-state index in [0.29, 0.717) is 16.7 Å². The molecule has 0 saturated carbocycles. The van der Waals surface area contributed by atoms with Crippen molar-refractivity contribution in [1.82, 2.24) is 20.4 Å². The van der Waals surface area contributed by atoms with E-state index in [0.717, 1.165) is 90.9 Å². The van der Waals surface area contributed by atoms with Crippen LogP contribution in [0.25, 0.3) is 0 Å². The van der Waals surface area contributed by atoms with Crippen LogP contribution < -0.4 is 20.4 Å². The van der Waals surface area contributed by atoms with Crippen LogP contribution in [0.15, 0.2) is 84.9 Å². The number of amides is 2. The maximum Gasteiger partial charge on any atom is 0.251 e. The van der Waals surface area contributed by atoms with Crippen molar-refractivity contribution in [3.8, 4) is 6.07 Å². The number of benzene rings is 4. The van der Waals surface area contributed by atoms with Crippen molar-refractivity contribution in [2.45, 2.75) is 50.6 Å². The first-order valence-electron chi connectivity index (χ1n) is 19.7. The van der Waals surface area contributed by atoms with E-state index in [1.54, 1.807) is 24.3 Å². The van der Waals surface area contributed by atoms with Gasteiger partial charge in [0.05, 0.1) is 11.6 Å². The summed E-state index contributed by atoms with van der Waals surface area (Å²) in [5.74, 6) is -0.509. The maximum atomic E-state index is 13.1. The Hall–Kier alpha value is -5.24.